The Morgan fingerprint density at radius 2 is 1.00 bits per heavy atom. The van der Waals surface area contributed by atoms with Crippen LogP contribution in [0.4, 0.5) is 0 Å². The van der Waals surface area contributed by atoms with Crippen LogP contribution < -0.4 is 0 Å². The van der Waals surface area contributed by atoms with Gasteiger partial charge in [-0.2, -0.15) is 0 Å². The molecule has 4 nitrogen and oxygen atoms in total. The summed E-state index contributed by atoms with van der Waals surface area (Å²) in [7, 11) is 0. The van der Waals surface area contributed by atoms with Crippen molar-refractivity contribution in [3.8, 4) is 23.0 Å². The van der Waals surface area contributed by atoms with E-state index in [1.54, 1.807) is 12.1 Å². The van der Waals surface area contributed by atoms with Gasteiger partial charge in [0.05, 0.1) is 0 Å². The number of unbranched alkanes of at least 4 members (excludes halogenated alkanes) is 6. The highest BCUT2D eigenvalue weighted by Gasteiger charge is 2.05. The summed E-state index contributed by atoms with van der Waals surface area (Å²) in [6, 6.07) is 10.2. The molecule has 0 aliphatic carbocycles. The molecule has 28 heavy (non-hydrogen) atoms. The molecule has 2 aromatic rings. The number of rotatable bonds is 12. The van der Waals surface area contributed by atoms with Crippen molar-refractivity contribution in [3.05, 3.63) is 59.7 Å². The highest BCUT2D eigenvalue weighted by molar-refractivity contribution is 5.44. The average Bonchev–Trinajstić information content (AvgIpc) is 2.69. The first-order chi connectivity index (χ1) is 13.6. The lowest BCUT2D eigenvalue weighted by molar-refractivity contribution is 0.398. The van der Waals surface area contributed by atoms with Crippen molar-refractivity contribution in [1.29, 1.82) is 0 Å². The molecule has 2 rings (SSSR count). The smallest absolute Gasteiger partial charge is 0.160 e. The predicted octanol–water partition coefficient (Wildman–Crippen LogP) is 5.97. The summed E-state index contributed by atoms with van der Waals surface area (Å²) < 4.78 is 0. The molecule has 0 aliphatic rings. The van der Waals surface area contributed by atoms with Crippen molar-refractivity contribution >= 4 is 0 Å². The molecule has 4 N–H and O–H groups in total. The van der Waals surface area contributed by atoms with E-state index in [1.165, 1.54) is 31.4 Å². The molecule has 2 aromatic carbocycles. The molecule has 4 heteroatoms. The van der Waals surface area contributed by atoms with Crippen LogP contribution in [-0.2, 0) is 12.8 Å². The first-order valence-corrected chi connectivity index (χ1v) is 10.2. The maximum absolute atomic E-state index is 9.77. The molecule has 0 radical (unpaired) electrons. The van der Waals surface area contributed by atoms with Crippen LogP contribution in [0.15, 0.2) is 48.6 Å². The van der Waals surface area contributed by atoms with E-state index in [4.69, 9.17) is 0 Å². The fourth-order valence-electron chi connectivity index (χ4n) is 3.31. The Hall–Kier alpha value is -2.62. The second-order valence-corrected chi connectivity index (χ2v) is 7.24. The second-order valence-electron chi connectivity index (χ2n) is 7.24. The molecule has 0 aromatic heterocycles. The third-order valence-electron chi connectivity index (χ3n) is 5.00. The van der Waals surface area contributed by atoms with Crippen LogP contribution >= 0.6 is 0 Å². The summed E-state index contributed by atoms with van der Waals surface area (Å²) in [6.45, 7) is 0. The van der Waals surface area contributed by atoms with E-state index in [-0.39, 0.29) is 23.0 Å². The van der Waals surface area contributed by atoms with E-state index in [9.17, 15) is 20.4 Å². The number of phenols is 4. The van der Waals surface area contributed by atoms with Crippen LogP contribution in [0.1, 0.15) is 62.5 Å². The lowest BCUT2D eigenvalue weighted by atomic mass is 10.0. The number of aryl methyl sites for hydroxylation is 2. The molecule has 0 heterocycles. The number of hydrogen-bond acceptors (Lipinski definition) is 4. The van der Waals surface area contributed by atoms with Gasteiger partial charge in [-0.15, -0.1) is 0 Å². The van der Waals surface area contributed by atoms with Gasteiger partial charge in [-0.05, 0) is 68.2 Å². The van der Waals surface area contributed by atoms with Gasteiger partial charge in [0.15, 0.2) is 23.0 Å². The summed E-state index contributed by atoms with van der Waals surface area (Å²) in [6.07, 6.45) is 14.7. The molecular formula is C24H32O4. The minimum absolute atomic E-state index is 0.00533. The summed E-state index contributed by atoms with van der Waals surface area (Å²) in [5.74, 6) is -0.0626. The van der Waals surface area contributed by atoms with Crippen LogP contribution in [0.3, 0.4) is 0 Å². The third kappa shape index (κ3) is 7.18. The van der Waals surface area contributed by atoms with E-state index in [1.807, 2.05) is 12.1 Å². The van der Waals surface area contributed by atoms with Crippen molar-refractivity contribution in [2.75, 3.05) is 0 Å². The van der Waals surface area contributed by atoms with Crippen LogP contribution in [0, 0.1) is 0 Å². The molecule has 0 atom stereocenters. The van der Waals surface area contributed by atoms with Gasteiger partial charge in [0, 0.05) is 0 Å². The summed E-state index contributed by atoms with van der Waals surface area (Å²) in [5.41, 5.74) is 1.62. The fourth-order valence-corrected chi connectivity index (χ4v) is 3.31. The van der Waals surface area contributed by atoms with Gasteiger partial charge >= 0.3 is 0 Å². The highest BCUT2D eigenvalue weighted by atomic mass is 16.3. The Morgan fingerprint density at radius 1 is 0.536 bits per heavy atom. The van der Waals surface area contributed by atoms with E-state index >= 15 is 0 Å². The molecule has 0 spiro atoms. The summed E-state index contributed by atoms with van der Waals surface area (Å²) >= 11 is 0. The Labute approximate surface area is 167 Å². The van der Waals surface area contributed by atoms with Gasteiger partial charge in [-0.3, -0.25) is 0 Å². The second kappa shape index (κ2) is 12.0. The van der Waals surface area contributed by atoms with Gasteiger partial charge in [-0.1, -0.05) is 55.7 Å². The molecule has 0 saturated carbocycles. The van der Waals surface area contributed by atoms with Crippen LogP contribution in [0.5, 0.6) is 23.0 Å². The standard InChI is InChI=1S/C24H32O4/c25-21-17-11-15-19(23(21)27)13-9-7-5-3-1-2-4-6-8-10-14-20-16-12-18-22(26)24(20)28/h3,5,11-12,15-18,25-28H,1-2,4,6-10,13-14H2/b5-3-. The minimum atomic E-state index is -0.0493. The number of para-hydroxylation sites is 2. The van der Waals surface area contributed by atoms with Crippen LogP contribution in [-0.4, -0.2) is 20.4 Å². The van der Waals surface area contributed by atoms with E-state index < -0.39 is 0 Å². The third-order valence-corrected chi connectivity index (χ3v) is 5.00. The Bertz CT molecular complexity index is 752. The van der Waals surface area contributed by atoms with Crippen molar-refractivity contribution in [2.24, 2.45) is 0 Å². The van der Waals surface area contributed by atoms with Gasteiger partial charge < -0.3 is 20.4 Å². The molecule has 152 valence electrons. The van der Waals surface area contributed by atoms with Crippen molar-refractivity contribution in [3.63, 3.8) is 0 Å². The lowest BCUT2D eigenvalue weighted by Crippen LogP contribution is -1.87. The lowest BCUT2D eigenvalue weighted by Gasteiger charge is -2.06. The molecule has 0 bridgehead atoms. The van der Waals surface area contributed by atoms with Crippen LogP contribution in [0.2, 0.25) is 0 Å². The average molecular weight is 385 g/mol. The predicted molar refractivity (Wildman–Crippen MR) is 113 cm³/mol. The van der Waals surface area contributed by atoms with E-state index in [2.05, 4.69) is 12.2 Å². The van der Waals surface area contributed by atoms with Gasteiger partial charge in [-0.25, -0.2) is 0 Å². The molecule has 0 aliphatic heterocycles. The normalized spacial score (nSPS) is 11.3. The fraction of sp³-hybridized carbons (Fsp3) is 0.417. The van der Waals surface area contributed by atoms with Crippen LogP contribution in [0.25, 0.3) is 0 Å². The number of hydrogen-bond donors (Lipinski definition) is 4. The van der Waals surface area contributed by atoms with E-state index in [0.29, 0.717) is 0 Å². The number of phenolic OH excluding ortho intramolecular Hbond substituents is 4. The number of allylic oxidation sites excluding steroid dienone is 2. The zero-order valence-corrected chi connectivity index (χ0v) is 16.5. The Balaban J connectivity index is 1.47. The first kappa shape index (κ1) is 21.7. The molecule has 0 unspecified atom stereocenters. The monoisotopic (exact) mass is 384 g/mol. The summed E-state index contributed by atoms with van der Waals surface area (Å²) in [5, 5.41) is 38.5. The van der Waals surface area contributed by atoms with Gasteiger partial charge in [0.25, 0.3) is 0 Å². The van der Waals surface area contributed by atoms with Gasteiger partial charge in [0.1, 0.15) is 0 Å². The minimum Gasteiger partial charge on any atom is -0.504 e. The molecule has 0 saturated heterocycles. The van der Waals surface area contributed by atoms with Gasteiger partial charge in [0.2, 0.25) is 0 Å². The maximum Gasteiger partial charge on any atom is 0.160 e. The number of benzene rings is 2. The molecular weight excluding hydrogens is 352 g/mol. The zero-order chi connectivity index (χ0) is 20.2. The van der Waals surface area contributed by atoms with E-state index in [0.717, 1.165) is 56.1 Å². The zero-order valence-electron chi connectivity index (χ0n) is 16.5. The van der Waals surface area contributed by atoms with Crippen molar-refractivity contribution in [1.82, 2.24) is 0 Å². The molecule has 0 fully saturated rings. The molecule has 0 amide bonds. The number of aromatic hydroxyl groups is 4. The quantitative estimate of drug-likeness (QED) is 0.206. The summed E-state index contributed by atoms with van der Waals surface area (Å²) in [4.78, 5) is 0. The Morgan fingerprint density at radius 3 is 1.61 bits per heavy atom. The van der Waals surface area contributed by atoms with Crippen molar-refractivity contribution < 1.29 is 20.4 Å². The van der Waals surface area contributed by atoms with Crippen molar-refractivity contribution in [2.45, 2.75) is 64.2 Å². The highest BCUT2D eigenvalue weighted by Crippen LogP contribution is 2.30. The largest absolute Gasteiger partial charge is 0.504 e. The maximum atomic E-state index is 9.77. The SMILES string of the molecule is Oc1cccc(CCC/C=C\CCCCCCCc2cccc(O)c2O)c1O. The topological polar surface area (TPSA) is 80.9 Å². The Kier molecular flexibility index (Phi) is 9.26. The first-order valence-electron chi connectivity index (χ1n) is 10.2.